The fourth-order valence-electron chi connectivity index (χ4n) is 5.41. The molecule has 0 radical (unpaired) electrons. The van der Waals surface area contributed by atoms with E-state index in [0.717, 1.165) is 0 Å². The molecule has 0 nitrogen and oxygen atoms in total. The van der Waals surface area contributed by atoms with E-state index in [0.29, 0.717) is 0 Å². The molecule has 0 saturated heterocycles. The molecule has 0 saturated carbocycles. The van der Waals surface area contributed by atoms with Gasteiger partial charge >= 0.3 is 0 Å². The van der Waals surface area contributed by atoms with Crippen LogP contribution in [0.15, 0.2) is 71.4 Å². The number of fused-ring (bicyclic) bond motifs is 2. The molecule has 0 spiro atoms. The molecule has 0 aliphatic rings. The number of benzene rings is 3. The van der Waals surface area contributed by atoms with Crippen LogP contribution in [0.1, 0.15) is 76.3 Å². The minimum Gasteiger partial charge on any atom is -0.143 e. The summed E-state index contributed by atoms with van der Waals surface area (Å²) in [5.41, 5.74) is 8.43. The molecular weight excluding hydrogens is 473 g/mol. The van der Waals surface area contributed by atoms with Crippen LogP contribution < -0.4 is 0 Å². The monoisotopic (exact) mass is 510 g/mol. The largest absolute Gasteiger partial charge is 0.143 e. The van der Waals surface area contributed by atoms with Gasteiger partial charge in [0.2, 0.25) is 0 Å². The van der Waals surface area contributed by atoms with Crippen LogP contribution in [-0.2, 0) is 12.8 Å². The van der Waals surface area contributed by atoms with Crippen LogP contribution in [0.2, 0.25) is 0 Å². The number of hydrogen-bond donors (Lipinski definition) is 0. The van der Waals surface area contributed by atoms with Crippen molar-refractivity contribution < 1.29 is 0 Å². The average Bonchev–Trinajstić information content (AvgIpc) is 3.59. The molecule has 36 heavy (non-hydrogen) atoms. The second kappa shape index (κ2) is 12.2. The lowest BCUT2D eigenvalue weighted by atomic mass is 9.92. The van der Waals surface area contributed by atoms with Gasteiger partial charge < -0.3 is 0 Å². The second-order valence-electron chi connectivity index (χ2n) is 10.1. The van der Waals surface area contributed by atoms with Gasteiger partial charge in [-0.3, -0.25) is 0 Å². The summed E-state index contributed by atoms with van der Waals surface area (Å²) in [4.78, 5) is 0. The molecule has 0 atom stereocenters. The first-order chi connectivity index (χ1) is 17.8. The third-order valence-electron chi connectivity index (χ3n) is 7.45. The summed E-state index contributed by atoms with van der Waals surface area (Å²) in [6, 6.07) is 23.5. The van der Waals surface area contributed by atoms with Gasteiger partial charge in [-0.2, -0.15) is 0 Å². The Morgan fingerprint density at radius 3 is 1.28 bits per heavy atom. The van der Waals surface area contributed by atoms with Gasteiger partial charge in [0.25, 0.3) is 0 Å². The van der Waals surface area contributed by atoms with Gasteiger partial charge in [0.05, 0.1) is 0 Å². The number of aryl methyl sites for hydroxylation is 2. The lowest BCUT2D eigenvalue weighted by molar-refractivity contribution is 0.667. The lowest BCUT2D eigenvalue weighted by Gasteiger charge is -2.13. The summed E-state index contributed by atoms with van der Waals surface area (Å²) in [7, 11) is 0. The highest BCUT2D eigenvalue weighted by molar-refractivity contribution is 7.20. The topological polar surface area (TPSA) is 0 Å². The molecular formula is C34H38S2. The summed E-state index contributed by atoms with van der Waals surface area (Å²) < 4.78 is 2.82. The van der Waals surface area contributed by atoms with Crippen molar-refractivity contribution in [2.24, 2.45) is 0 Å². The van der Waals surface area contributed by atoms with E-state index in [1.807, 2.05) is 22.7 Å². The van der Waals surface area contributed by atoms with Crippen LogP contribution >= 0.6 is 22.7 Å². The van der Waals surface area contributed by atoms with Crippen LogP contribution in [0.25, 0.3) is 42.4 Å². The quantitative estimate of drug-likeness (QED) is 0.146. The van der Waals surface area contributed by atoms with Crippen LogP contribution in [0.4, 0.5) is 0 Å². The zero-order valence-corrected chi connectivity index (χ0v) is 23.4. The van der Waals surface area contributed by atoms with Crippen LogP contribution in [-0.4, -0.2) is 0 Å². The Kier molecular flexibility index (Phi) is 8.56. The van der Waals surface area contributed by atoms with Crippen LogP contribution in [0, 0.1) is 0 Å². The van der Waals surface area contributed by atoms with Crippen LogP contribution in [0.5, 0.6) is 0 Å². The van der Waals surface area contributed by atoms with Gasteiger partial charge in [0.1, 0.15) is 0 Å². The normalized spacial score (nSPS) is 11.6. The molecule has 5 aromatic rings. The second-order valence-corrected chi connectivity index (χ2v) is 11.9. The lowest BCUT2D eigenvalue weighted by Crippen LogP contribution is -1.89. The molecule has 5 rings (SSSR count). The maximum Gasteiger partial charge on any atom is 0.0434 e. The minimum absolute atomic E-state index is 1.19. The third-order valence-corrected chi connectivity index (χ3v) is 9.31. The number of thiophene rings is 2. The molecule has 0 unspecified atom stereocenters. The van der Waals surface area contributed by atoms with Crippen molar-refractivity contribution in [1.29, 1.82) is 0 Å². The van der Waals surface area contributed by atoms with Crippen LogP contribution in [0.3, 0.4) is 0 Å². The van der Waals surface area contributed by atoms with Crippen molar-refractivity contribution in [2.45, 2.75) is 78.1 Å². The van der Waals surface area contributed by atoms with E-state index < -0.39 is 0 Å². The van der Waals surface area contributed by atoms with E-state index in [4.69, 9.17) is 0 Å². The Bertz CT molecular complexity index is 1230. The standard InChI is InChI=1S/C34H38S2/c1-3-5-7-9-11-25-13-17-27(18-14-25)31-29-21-23-36-34(29)32(30-22-24-35-33(30)31)28-19-15-26(16-20-28)12-10-8-6-4-2/h13-24H,3-12H2,1-2H3. The predicted octanol–water partition coefficient (Wildman–Crippen LogP) is 11.7. The maximum absolute atomic E-state index is 2.35. The van der Waals surface area contributed by atoms with Crippen molar-refractivity contribution in [1.82, 2.24) is 0 Å². The first-order valence-electron chi connectivity index (χ1n) is 13.9. The highest BCUT2D eigenvalue weighted by atomic mass is 32.1. The molecule has 0 amide bonds. The summed E-state index contributed by atoms with van der Waals surface area (Å²) in [6.45, 7) is 4.56. The zero-order chi connectivity index (χ0) is 24.7. The van der Waals surface area contributed by atoms with Gasteiger partial charge in [0.15, 0.2) is 0 Å². The predicted molar refractivity (Wildman–Crippen MR) is 164 cm³/mol. The van der Waals surface area contributed by atoms with E-state index in [2.05, 4.69) is 85.3 Å². The fraction of sp³-hybridized carbons (Fsp3) is 0.353. The van der Waals surface area contributed by atoms with Gasteiger partial charge in [-0.15, -0.1) is 22.7 Å². The Morgan fingerprint density at radius 2 is 0.889 bits per heavy atom. The molecule has 0 aliphatic heterocycles. The van der Waals surface area contributed by atoms with Gasteiger partial charge in [-0.25, -0.2) is 0 Å². The number of rotatable bonds is 12. The third kappa shape index (κ3) is 5.45. The van der Waals surface area contributed by atoms with Crippen molar-refractivity contribution in [2.75, 3.05) is 0 Å². The first-order valence-corrected chi connectivity index (χ1v) is 15.6. The molecule has 186 valence electrons. The average molecular weight is 511 g/mol. The summed E-state index contributed by atoms with van der Waals surface area (Å²) in [5.74, 6) is 0. The number of unbranched alkanes of at least 4 members (excludes halogenated alkanes) is 6. The molecule has 0 N–H and O–H groups in total. The molecule has 0 bridgehead atoms. The molecule has 2 aromatic heterocycles. The van der Waals surface area contributed by atoms with Gasteiger partial charge in [-0.1, -0.05) is 101 Å². The van der Waals surface area contributed by atoms with E-state index in [1.54, 1.807) is 0 Å². The van der Waals surface area contributed by atoms with E-state index in [1.165, 1.54) is 118 Å². The number of hydrogen-bond acceptors (Lipinski definition) is 2. The molecule has 0 fully saturated rings. The van der Waals surface area contributed by atoms with Crippen molar-refractivity contribution >= 4 is 42.8 Å². The summed E-state index contributed by atoms with van der Waals surface area (Å²) in [6.07, 6.45) is 12.9. The Balaban J connectivity index is 1.47. The molecule has 0 aliphatic carbocycles. The van der Waals surface area contributed by atoms with E-state index >= 15 is 0 Å². The van der Waals surface area contributed by atoms with Crippen molar-refractivity contribution in [3.8, 4) is 22.3 Å². The Hall–Kier alpha value is -2.42. The maximum atomic E-state index is 2.35. The molecule has 3 aromatic carbocycles. The minimum atomic E-state index is 1.19. The van der Waals surface area contributed by atoms with Crippen molar-refractivity contribution in [3.63, 3.8) is 0 Å². The first kappa shape index (κ1) is 25.2. The van der Waals surface area contributed by atoms with Gasteiger partial charge in [-0.05, 0) is 70.8 Å². The molecule has 2 heteroatoms. The SMILES string of the molecule is CCCCCCc1ccc(-c2c3ccsc3c(-c3ccc(CCCCCC)cc3)c3ccsc23)cc1. The van der Waals surface area contributed by atoms with Crippen molar-refractivity contribution in [3.05, 3.63) is 82.6 Å². The summed E-state index contributed by atoms with van der Waals surface area (Å²) in [5, 5.41) is 7.32. The van der Waals surface area contributed by atoms with E-state index in [9.17, 15) is 0 Å². The smallest absolute Gasteiger partial charge is 0.0434 e. The Labute approximate surface area is 225 Å². The van der Waals surface area contributed by atoms with Gasteiger partial charge in [0, 0.05) is 31.3 Å². The fourth-order valence-corrected chi connectivity index (χ4v) is 7.37. The van der Waals surface area contributed by atoms with E-state index in [-0.39, 0.29) is 0 Å². The Morgan fingerprint density at radius 1 is 0.472 bits per heavy atom. The summed E-state index contributed by atoms with van der Waals surface area (Å²) >= 11 is 3.77. The highest BCUT2D eigenvalue weighted by Gasteiger charge is 2.18. The highest BCUT2D eigenvalue weighted by Crippen LogP contribution is 2.47. The molecule has 2 heterocycles. The zero-order valence-electron chi connectivity index (χ0n) is 21.8.